The van der Waals surface area contributed by atoms with E-state index in [-0.39, 0.29) is 12.6 Å². The third-order valence-electron chi connectivity index (χ3n) is 2.66. The molecule has 0 aliphatic rings. The molecule has 1 unspecified atom stereocenters. The lowest BCUT2D eigenvalue weighted by molar-refractivity contribution is -0.141. The van der Waals surface area contributed by atoms with E-state index in [1.165, 1.54) is 0 Å². The van der Waals surface area contributed by atoms with Crippen LogP contribution in [0.15, 0.2) is 24.3 Å². The number of carbonyl (C=O) groups is 2. The van der Waals surface area contributed by atoms with E-state index in [0.29, 0.717) is 6.61 Å². The highest BCUT2D eigenvalue weighted by molar-refractivity contribution is 5.80. The summed E-state index contributed by atoms with van der Waals surface area (Å²) in [7, 11) is 1.60. The molecular formula is C14H20N2O4. The minimum Gasteiger partial charge on any atom is -0.497 e. The van der Waals surface area contributed by atoms with E-state index in [4.69, 9.17) is 9.47 Å². The lowest BCUT2D eigenvalue weighted by atomic mass is 10.1. The Morgan fingerprint density at radius 1 is 1.25 bits per heavy atom. The van der Waals surface area contributed by atoms with Gasteiger partial charge in [-0.3, -0.25) is 4.79 Å². The monoisotopic (exact) mass is 280 g/mol. The van der Waals surface area contributed by atoms with Crippen molar-refractivity contribution >= 4 is 12.0 Å². The number of methoxy groups -OCH3 is 1. The Morgan fingerprint density at radius 2 is 1.90 bits per heavy atom. The molecule has 0 saturated carbocycles. The molecule has 6 nitrogen and oxygen atoms in total. The van der Waals surface area contributed by atoms with Gasteiger partial charge in [-0.1, -0.05) is 12.1 Å². The van der Waals surface area contributed by atoms with Crippen molar-refractivity contribution in [3.05, 3.63) is 29.8 Å². The van der Waals surface area contributed by atoms with Crippen LogP contribution >= 0.6 is 0 Å². The average Bonchev–Trinajstić information content (AvgIpc) is 2.45. The van der Waals surface area contributed by atoms with Crippen molar-refractivity contribution in [1.82, 2.24) is 10.6 Å². The van der Waals surface area contributed by atoms with Gasteiger partial charge in [-0.25, -0.2) is 4.79 Å². The zero-order chi connectivity index (χ0) is 15.0. The van der Waals surface area contributed by atoms with Crippen molar-refractivity contribution in [3.8, 4) is 5.75 Å². The zero-order valence-corrected chi connectivity index (χ0v) is 11.9. The quantitative estimate of drug-likeness (QED) is 0.776. The lowest BCUT2D eigenvalue weighted by Gasteiger charge is -2.15. The van der Waals surface area contributed by atoms with Crippen molar-refractivity contribution in [1.29, 1.82) is 0 Å². The van der Waals surface area contributed by atoms with Crippen LogP contribution in [0.2, 0.25) is 0 Å². The molecule has 1 atom stereocenters. The number of benzene rings is 1. The third-order valence-corrected chi connectivity index (χ3v) is 2.66. The molecule has 0 aliphatic carbocycles. The van der Waals surface area contributed by atoms with Crippen LogP contribution in [-0.2, 0) is 9.53 Å². The standard InChI is InChI=1S/C14H20N2O4/c1-4-20-13(17)9-15-14(18)16-10(2)11-5-7-12(19-3)8-6-11/h5-8,10H,4,9H2,1-3H3,(H2,15,16,18). The van der Waals surface area contributed by atoms with Crippen LogP contribution in [0.3, 0.4) is 0 Å². The molecule has 0 bridgehead atoms. The van der Waals surface area contributed by atoms with Gasteiger partial charge >= 0.3 is 12.0 Å². The molecule has 20 heavy (non-hydrogen) atoms. The summed E-state index contributed by atoms with van der Waals surface area (Å²) in [5.74, 6) is 0.299. The summed E-state index contributed by atoms with van der Waals surface area (Å²) in [5, 5.41) is 5.17. The Morgan fingerprint density at radius 3 is 2.45 bits per heavy atom. The van der Waals surface area contributed by atoms with Crippen LogP contribution in [-0.4, -0.2) is 32.3 Å². The molecule has 0 heterocycles. The largest absolute Gasteiger partial charge is 0.497 e. The summed E-state index contributed by atoms with van der Waals surface area (Å²) in [4.78, 5) is 22.7. The second-order valence-corrected chi connectivity index (χ2v) is 4.13. The highest BCUT2D eigenvalue weighted by Crippen LogP contribution is 2.16. The van der Waals surface area contributed by atoms with Crippen LogP contribution < -0.4 is 15.4 Å². The van der Waals surface area contributed by atoms with E-state index in [2.05, 4.69) is 10.6 Å². The topological polar surface area (TPSA) is 76.7 Å². The normalized spacial score (nSPS) is 11.3. The van der Waals surface area contributed by atoms with Crippen molar-refractivity contribution in [2.24, 2.45) is 0 Å². The highest BCUT2D eigenvalue weighted by Gasteiger charge is 2.10. The zero-order valence-electron chi connectivity index (χ0n) is 11.9. The second-order valence-electron chi connectivity index (χ2n) is 4.13. The number of hydrogen-bond donors (Lipinski definition) is 2. The first-order chi connectivity index (χ1) is 9.56. The minimum absolute atomic E-state index is 0.144. The Labute approximate surface area is 118 Å². The first kappa shape index (κ1) is 15.8. The summed E-state index contributed by atoms with van der Waals surface area (Å²) < 4.78 is 9.78. The maximum atomic E-state index is 11.6. The molecule has 2 amide bonds. The summed E-state index contributed by atoms with van der Waals surface area (Å²) in [6.45, 7) is 3.72. The summed E-state index contributed by atoms with van der Waals surface area (Å²) in [6, 6.07) is 6.79. The van der Waals surface area contributed by atoms with Gasteiger partial charge in [0.1, 0.15) is 12.3 Å². The van der Waals surface area contributed by atoms with E-state index in [9.17, 15) is 9.59 Å². The maximum absolute atomic E-state index is 11.6. The summed E-state index contributed by atoms with van der Waals surface area (Å²) >= 11 is 0. The van der Waals surface area contributed by atoms with Crippen LogP contribution in [0.25, 0.3) is 0 Å². The van der Waals surface area contributed by atoms with Gasteiger partial charge in [0.2, 0.25) is 0 Å². The predicted molar refractivity (Wildman–Crippen MR) is 74.6 cm³/mol. The molecule has 0 fully saturated rings. The maximum Gasteiger partial charge on any atom is 0.325 e. The number of hydrogen-bond acceptors (Lipinski definition) is 4. The SMILES string of the molecule is CCOC(=O)CNC(=O)NC(C)c1ccc(OC)cc1. The van der Waals surface area contributed by atoms with Gasteiger partial charge in [0.25, 0.3) is 0 Å². The Kier molecular flexibility index (Phi) is 6.36. The molecule has 0 radical (unpaired) electrons. The number of nitrogens with one attached hydrogen (secondary N) is 2. The summed E-state index contributed by atoms with van der Waals surface area (Å²) in [6.07, 6.45) is 0. The third kappa shape index (κ3) is 5.17. The van der Waals surface area contributed by atoms with E-state index < -0.39 is 12.0 Å². The first-order valence-corrected chi connectivity index (χ1v) is 6.40. The van der Waals surface area contributed by atoms with Crippen LogP contribution in [0.5, 0.6) is 5.75 Å². The average molecular weight is 280 g/mol. The number of rotatable bonds is 6. The highest BCUT2D eigenvalue weighted by atomic mass is 16.5. The molecule has 0 aliphatic heterocycles. The Balaban J connectivity index is 2.42. The molecule has 1 aromatic carbocycles. The number of ether oxygens (including phenoxy) is 2. The van der Waals surface area contributed by atoms with Gasteiger partial charge in [0.15, 0.2) is 0 Å². The van der Waals surface area contributed by atoms with E-state index in [1.807, 2.05) is 31.2 Å². The number of amides is 2. The van der Waals surface area contributed by atoms with Gasteiger partial charge in [-0.2, -0.15) is 0 Å². The van der Waals surface area contributed by atoms with Crippen molar-refractivity contribution in [3.63, 3.8) is 0 Å². The molecule has 0 saturated heterocycles. The van der Waals surface area contributed by atoms with Crippen LogP contribution in [0, 0.1) is 0 Å². The molecule has 110 valence electrons. The van der Waals surface area contributed by atoms with Crippen LogP contribution in [0.1, 0.15) is 25.5 Å². The minimum atomic E-state index is -0.459. The number of carbonyl (C=O) groups excluding carboxylic acids is 2. The van der Waals surface area contributed by atoms with Gasteiger partial charge in [-0.15, -0.1) is 0 Å². The Bertz CT molecular complexity index is 445. The molecule has 6 heteroatoms. The molecule has 0 aromatic heterocycles. The van der Waals surface area contributed by atoms with Crippen LogP contribution in [0.4, 0.5) is 4.79 Å². The first-order valence-electron chi connectivity index (χ1n) is 6.40. The van der Waals surface area contributed by atoms with E-state index in [0.717, 1.165) is 11.3 Å². The molecule has 1 rings (SSSR count). The predicted octanol–water partition coefficient (Wildman–Crippen LogP) is 1.62. The van der Waals surface area contributed by atoms with Gasteiger partial charge < -0.3 is 20.1 Å². The van der Waals surface area contributed by atoms with Crippen molar-refractivity contribution < 1.29 is 19.1 Å². The van der Waals surface area contributed by atoms with E-state index in [1.54, 1.807) is 14.0 Å². The van der Waals surface area contributed by atoms with Crippen molar-refractivity contribution in [2.45, 2.75) is 19.9 Å². The molecule has 2 N–H and O–H groups in total. The fourth-order valence-corrected chi connectivity index (χ4v) is 1.59. The van der Waals surface area contributed by atoms with Gasteiger partial charge in [0.05, 0.1) is 19.8 Å². The van der Waals surface area contributed by atoms with Crippen molar-refractivity contribution in [2.75, 3.05) is 20.3 Å². The lowest BCUT2D eigenvalue weighted by Crippen LogP contribution is -2.40. The fraction of sp³-hybridized carbons (Fsp3) is 0.429. The van der Waals surface area contributed by atoms with Gasteiger partial charge in [-0.05, 0) is 31.5 Å². The summed E-state index contributed by atoms with van der Waals surface area (Å²) in [5.41, 5.74) is 0.942. The number of urea groups is 1. The van der Waals surface area contributed by atoms with Gasteiger partial charge in [0, 0.05) is 0 Å². The fourth-order valence-electron chi connectivity index (χ4n) is 1.59. The Hall–Kier alpha value is -2.24. The molecule has 1 aromatic rings. The second kappa shape index (κ2) is 8.04. The molecule has 0 spiro atoms. The number of esters is 1. The smallest absolute Gasteiger partial charge is 0.325 e. The van der Waals surface area contributed by atoms with E-state index >= 15 is 0 Å². The molecular weight excluding hydrogens is 260 g/mol.